The van der Waals surface area contributed by atoms with Crippen molar-refractivity contribution < 1.29 is 4.79 Å². The Morgan fingerprint density at radius 2 is 2.32 bits per heavy atom. The lowest BCUT2D eigenvalue weighted by Gasteiger charge is -1.99. The molecule has 0 atom stereocenters. The van der Waals surface area contributed by atoms with Crippen LogP contribution in [0.2, 0.25) is 0 Å². The van der Waals surface area contributed by atoms with Crippen molar-refractivity contribution in [3.63, 3.8) is 0 Å². The molecule has 2 heterocycles. The molecule has 0 bridgehead atoms. The predicted octanol–water partition coefficient (Wildman–Crippen LogP) is 0.0427. The fraction of sp³-hybridized carbons (Fsp3) is 0.250. The van der Waals surface area contributed by atoms with Gasteiger partial charge in [0.05, 0.1) is 18.3 Å². The minimum atomic E-state index is -0.335. The van der Waals surface area contributed by atoms with E-state index < -0.39 is 0 Å². The van der Waals surface area contributed by atoms with Crippen LogP contribution in [0.4, 0.5) is 0 Å². The monoisotopic (exact) mass is 261 g/mol. The van der Waals surface area contributed by atoms with E-state index in [2.05, 4.69) is 20.7 Å². The van der Waals surface area contributed by atoms with Crippen LogP contribution in [-0.4, -0.2) is 26.9 Å². The summed E-state index contributed by atoms with van der Waals surface area (Å²) in [5, 5.41) is 8.94. The molecule has 2 aromatic heterocycles. The molecule has 0 aromatic carbocycles. The van der Waals surface area contributed by atoms with Crippen molar-refractivity contribution in [2.75, 3.05) is 0 Å². The molecule has 100 valence electrons. The minimum Gasteiger partial charge on any atom is -0.350 e. The van der Waals surface area contributed by atoms with Crippen LogP contribution in [0, 0.1) is 6.92 Å². The Morgan fingerprint density at radius 1 is 1.53 bits per heavy atom. The van der Waals surface area contributed by atoms with Gasteiger partial charge in [0, 0.05) is 24.5 Å². The van der Waals surface area contributed by atoms with E-state index in [0.29, 0.717) is 11.3 Å². The zero-order chi connectivity index (χ0) is 13.8. The van der Waals surface area contributed by atoms with Crippen LogP contribution < -0.4 is 11.0 Å². The number of carbonyl (C=O) groups excluding carboxylic acids is 1. The van der Waals surface area contributed by atoms with Crippen molar-refractivity contribution in [1.29, 1.82) is 0 Å². The van der Waals surface area contributed by atoms with Crippen LogP contribution in [0.5, 0.6) is 0 Å². The van der Waals surface area contributed by atoms with Crippen molar-refractivity contribution in [3.05, 3.63) is 45.6 Å². The minimum absolute atomic E-state index is 0.00482. The second-order valence-electron chi connectivity index (χ2n) is 4.20. The second kappa shape index (κ2) is 5.38. The van der Waals surface area contributed by atoms with Gasteiger partial charge in [0.15, 0.2) is 0 Å². The summed E-state index contributed by atoms with van der Waals surface area (Å²) in [6.07, 6.45) is 3.42. The average molecular weight is 261 g/mol. The summed E-state index contributed by atoms with van der Waals surface area (Å²) < 4.78 is 1.87. The topological polar surface area (TPSA) is 95.0 Å². The van der Waals surface area contributed by atoms with Crippen LogP contribution in [0.3, 0.4) is 0 Å². The van der Waals surface area contributed by atoms with Crippen molar-refractivity contribution in [1.82, 2.24) is 20.2 Å². The number of aromatic amines is 2. The van der Waals surface area contributed by atoms with Gasteiger partial charge in [-0.05, 0) is 19.1 Å². The molecule has 0 unspecified atom stereocenters. The lowest BCUT2D eigenvalue weighted by molar-refractivity contribution is -0.120. The van der Waals surface area contributed by atoms with Crippen LogP contribution in [0.15, 0.2) is 28.2 Å². The molecule has 2 aromatic rings. The summed E-state index contributed by atoms with van der Waals surface area (Å²) in [6, 6.07) is 3.75. The van der Waals surface area contributed by atoms with Crippen LogP contribution in [0.25, 0.3) is 0 Å². The Kier molecular flexibility index (Phi) is 3.65. The first kappa shape index (κ1) is 12.9. The summed E-state index contributed by atoms with van der Waals surface area (Å²) in [4.78, 5) is 23.0. The lowest BCUT2D eigenvalue weighted by Crippen LogP contribution is -2.23. The molecule has 2 rings (SSSR count). The molecule has 0 fully saturated rings. The first-order valence-electron chi connectivity index (χ1n) is 5.77. The highest BCUT2D eigenvalue weighted by atomic mass is 16.2. The van der Waals surface area contributed by atoms with E-state index in [1.807, 2.05) is 29.9 Å². The number of hydrogen-bond donors (Lipinski definition) is 3. The maximum atomic E-state index is 11.6. The number of nitrogens with zero attached hydrogens (tertiary/aromatic N) is 2. The van der Waals surface area contributed by atoms with Gasteiger partial charge in [-0.3, -0.25) is 14.7 Å². The third-order valence-electron chi connectivity index (χ3n) is 2.80. The normalized spacial score (nSPS) is 11.1. The Hall–Kier alpha value is -2.57. The summed E-state index contributed by atoms with van der Waals surface area (Å²) in [5.41, 5.74) is 4.07. The molecule has 7 heteroatoms. The van der Waals surface area contributed by atoms with Crippen LogP contribution in [-0.2, 0) is 18.3 Å². The summed E-state index contributed by atoms with van der Waals surface area (Å²) >= 11 is 0. The molecule has 0 radical (unpaired) electrons. The van der Waals surface area contributed by atoms with Gasteiger partial charge >= 0.3 is 0 Å². The largest absolute Gasteiger partial charge is 0.350 e. The lowest BCUT2D eigenvalue weighted by atomic mass is 10.2. The van der Waals surface area contributed by atoms with Crippen molar-refractivity contribution in [2.45, 2.75) is 13.3 Å². The molecular formula is C12H15N5O2. The fourth-order valence-corrected chi connectivity index (χ4v) is 1.66. The third kappa shape index (κ3) is 3.01. The fourth-order valence-electron chi connectivity index (χ4n) is 1.66. The highest BCUT2D eigenvalue weighted by Crippen LogP contribution is 1.98. The zero-order valence-electron chi connectivity index (χ0n) is 10.7. The molecule has 0 spiro atoms. The number of nitrogens with one attached hydrogen (secondary N) is 3. The van der Waals surface area contributed by atoms with Crippen LogP contribution in [0.1, 0.15) is 17.0 Å². The van der Waals surface area contributed by atoms with Gasteiger partial charge < -0.3 is 9.67 Å². The van der Waals surface area contributed by atoms with Crippen molar-refractivity contribution in [3.8, 4) is 0 Å². The number of carbonyl (C=O) groups is 1. The Labute approximate surface area is 109 Å². The number of H-pyrrole nitrogens is 2. The molecule has 0 saturated carbocycles. The Balaban J connectivity index is 1.94. The maximum absolute atomic E-state index is 11.6. The molecule has 0 saturated heterocycles. The molecular weight excluding hydrogens is 246 g/mol. The standard InChI is InChI=1S/C12H15N5O2/c1-8-10(12(19)16-14-8)6-11(18)15-13-7-9-4-3-5-17(9)2/h3-5,7H,6H2,1-2H3,(H,15,18)(H2,14,16,19). The SMILES string of the molecule is Cc1[nH][nH]c(=O)c1CC(=O)NN=Cc1cccn1C. The Bertz CT molecular complexity index is 662. The van der Waals surface area contributed by atoms with Gasteiger partial charge in [-0.25, -0.2) is 5.43 Å². The number of hydrazone groups is 1. The van der Waals surface area contributed by atoms with Crippen molar-refractivity contribution >= 4 is 12.1 Å². The third-order valence-corrected chi connectivity index (χ3v) is 2.80. The molecule has 3 N–H and O–H groups in total. The molecule has 1 amide bonds. The van der Waals surface area contributed by atoms with E-state index in [0.717, 1.165) is 5.69 Å². The number of rotatable bonds is 4. The maximum Gasteiger partial charge on any atom is 0.267 e. The smallest absolute Gasteiger partial charge is 0.267 e. The van der Waals surface area contributed by atoms with Gasteiger partial charge in [-0.2, -0.15) is 5.10 Å². The predicted molar refractivity (Wildman–Crippen MR) is 71.0 cm³/mol. The summed E-state index contributed by atoms with van der Waals surface area (Å²) in [6.45, 7) is 1.73. The zero-order valence-corrected chi connectivity index (χ0v) is 10.7. The molecule has 0 aliphatic heterocycles. The van der Waals surface area contributed by atoms with Gasteiger partial charge in [0.25, 0.3) is 5.56 Å². The summed E-state index contributed by atoms with van der Waals surface area (Å²) in [7, 11) is 1.88. The number of hydrogen-bond acceptors (Lipinski definition) is 3. The van der Waals surface area contributed by atoms with Gasteiger partial charge in [0.2, 0.25) is 5.91 Å². The van der Waals surface area contributed by atoms with Gasteiger partial charge in [-0.15, -0.1) is 0 Å². The van der Waals surface area contributed by atoms with E-state index in [4.69, 9.17) is 0 Å². The first-order chi connectivity index (χ1) is 9.08. The molecule has 7 nitrogen and oxygen atoms in total. The van der Waals surface area contributed by atoms with E-state index >= 15 is 0 Å². The van der Waals surface area contributed by atoms with Crippen molar-refractivity contribution in [2.24, 2.45) is 12.1 Å². The first-order valence-corrected chi connectivity index (χ1v) is 5.77. The molecule has 0 aliphatic carbocycles. The van der Waals surface area contributed by atoms with E-state index in [-0.39, 0.29) is 17.9 Å². The average Bonchev–Trinajstić information content (AvgIpc) is 2.90. The van der Waals surface area contributed by atoms with E-state index in [1.165, 1.54) is 0 Å². The number of aromatic nitrogens is 3. The van der Waals surface area contributed by atoms with Gasteiger partial charge in [0.1, 0.15) is 0 Å². The number of amides is 1. The quantitative estimate of drug-likeness (QED) is 0.535. The summed E-state index contributed by atoms with van der Waals surface area (Å²) in [5.74, 6) is -0.335. The highest BCUT2D eigenvalue weighted by molar-refractivity contribution is 5.82. The van der Waals surface area contributed by atoms with E-state index in [1.54, 1.807) is 13.1 Å². The highest BCUT2D eigenvalue weighted by Gasteiger charge is 2.10. The Morgan fingerprint density at radius 3 is 2.89 bits per heavy atom. The number of aryl methyl sites for hydroxylation is 2. The van der Waals surface area contributed by atoms with Crippen LogP contribution >= 0.6 is 0 Å². The second-order valence-corrected chi connectivity index (χ2v) is 4.20. The molecule has 0 aliphatic rings. The molecule has 19 heavy (non-hydrogen) atoms. The van der Waals surface area contributed by atoms with Gasteiger partial charge in [-0.1, -0.05) is 0 Å². The van der Waals surface area contributed by atoms with E-state index in [9.17, 15) is 9.59 Å².